The number of fused-ring (bicyclic) bond motifs is 1. The topological polar surface area (TPSA) is 121 Å². The van der Waals surface area contributed by atoms with Crippen LogP contribution in [-0.2, 0) is 11.3 Å². The van der Waals surface area contributed by atoms with Gasteiger partial charge in [0.2, 0.25) is 0 Å². The summed E-state index contributed by atoms with van der Waals surface area (Å²) in [4.78, 5) is 45.7. The lowest BCUT2D eigenvalue weighted by molar-refractivity contribution is 0.0144. The number of ether oxygens (including phenoxy) is 2. The van der Waals surface area contributed by atoms with Crippen LogP contribution in [0.1, 0.15) is 61.7 Å². The molecule has 0 atom stereocenters. The Bertz CT molecular complexity index is 1890. The molecule has 1 saturated carbocycles. The first-order valence-corrected chi connectivity index (χ1v) is 16.8. The van der Waals surface area contributed by atoms with Crippen LogP contribution in [0.4, 0.5) is 24.2 Å². The molecule has 10 nitrogen and oxygen atoms in total. The number of rotatable bonds is 8. The van der Waals surface area contributed by atoms with Crippen LogP contribution in [0.2, 0.25) is 5.02 Å². The van der Waals surface area contributed by atoms with E-state index in [1.807, 2.05) is 6.07 Å². The summed E-state index contributed by atoms with van der Waals surface area (Å²) in [6.45, 7) is 5.48. The number of benzene rings is 2. The zero-order chi connectivity index (χ0) is 35.6. The molecule has 0 spiro atoms. The predicted molar refractivity (Wildman–Crippen MR) is 185 cm³/mol. The number of thiophene rings is 1. The number of amides is 3. The molecule has 5 rings (SSSR count). The van der Waals surface area contributed by atoms with Crippen molar-refractivity contribution in [1.29, 1.82) is 0 Å². The SMILES string of the molecule is COc1ccc(-c2ccnc(NC(=O)O)c2)cc1CN(C(=O)c1sc2c(F)ccc(F)c2c1Cl)C1CCC(N(C)C(=O)OC(C)(C)C)CC1. The highest BCUT2D eigenvalue weighted by molar-refractivity contribution is 7.21. The average molecular weight is 715 g/mol. The van der Waals surface area contributed by atoms with Crippen molar-refractivity contribution in [3.05, 3.63) is 75.8 Å². The van der Waals surface area contributed by atoms with E-state index >= 15 is 0 Å². The Labute approximate surface area is 291 Å². The molecule has 1 aliphatic carbocycles. The highest BCUT2D eigenvalue weighted by atomic mass is 35.5. The van der Waals surface area contributed by atoms with E-state index in [4.69, 9.17) is 26.2 Å². The number of carbonyl (C=O) groups is 3. The van der Waals surface area contributed by atoms with Crippen LogP contribution in [0.25, 0.3) is 21.2 Å². The van der Waals surface area contributed by atoms with Crippen LogP contribution in [0.15, 0.2) is 48.7 Å². The lowest BCUT2D eigenvalue weighted by Crippen LogP contribution is -2.47. The van der Waals surface area contributed by atoms with Gasteiger partial charge in [-0.1, -0.05) is 17.7 Å². The number of carbonyl (C=O) groups excluding carboxylic acids is 2. The number of nitrogens with zero attached hydrogens (tertiary/aromatic N) is 3. The fraction of sp³-hybridized carbons (Fsp3) is 0.371. The van der Waals surface area contributed by atoms with Gasteiger partial charge in [-0.25, -0.2) is 23.4 Å². The molecule has 2 aromatic heterocycles. The standard InChI is InChI=1S/C35H37ClF2N4O6S/c1-35(2,3)48-34(46)41(4)22-7-9-23(10-8-22)42(32(43)31-29(36)28-24(37)11-12-25(38)30(28)49-31)18-21-16-19(6-13-26(21)47-5)20-14-15-39-27(17-20)40-33(44)45/h6,11-17,22-23H,7-10,18H2,1-5H3,(H,39,40)(H,44,45). The van der Waals surface area contributed by atoms with E-state index < -0.39 is 35.3 Å². The van der Waals surface area contributed by atoms with E-state index in [1.54, 1.807) is 61.9 Å². The van der Waals surface area contributed by atoms with Crippen molar-refractivity contribution in [2.45, 2.75) is 70.7 Å². The Morgan fingerprint density at radius 1 is 1.02 bits per heavy atom. The quantitative estimate of drug-likeness (QED) is 0.187. The van der Waals surface area contributed by atoms with Crippen molar-refractivity contribution in [3.8, 4) is 16.9 Å². The Kier molecular flexibility index (Phi) is 10.6. The summed E-state index contributed by atoms with van der Waals surface area (Å²) >= 11 is 7.41. The summed E-state index contributed by atoms with van der Waals surface area (Å²) in [5, 5.41) is 11.1. The molecule has 4 aromatic rings. The number of anilines is 1. The van der Waals surface area contributed by atoms with Gasteiger partial charge in [0.05, 0.1) is 22.2 Å². The van der Waals surface area contributed by atoms with E-state index in [-0.39, 0.29) is 44.4 Å². The maximum absolute atomic E-state index is 14.8. The molecule has 2 aromatic carbocycles. The fourth-order valence-corrected chi connectivity index (χ4v) is 7.53. The van der Waals surface area contributed by atoms with Gasteiger partial charge in [0.15, 0.2) is 0 Å². The van der Waals surface area contributed by atoms with Crippen molar-refractivity contribution in [3.63, 3.8) is 0 Å². The van der Waals surface area contributed by atoms with E-state index in [1.165, 1.54) is 13.3 Å². The van der Waals surface area contributed by atoms with Gasteiger partial charge in [-0.3, -0.25) is 10.1 Å². The van der Waals surface area contributed by atoms with Gasteiger partial charge in [-0.05, 0) is 94.0 Å². The van der Waals surface area contributed by atoms with Gasteiger partial charge >= 0.3 is 12.2 Å². The highest BCUT2D eigenvalue weighted by Crippen LogP contribution is 2.41. The molecular weight excluding hydrogens is 678 g/mol. The summed E-state index contributed by atoms with van der Waals surface area (Å²) in [5.41, 5.74) is 1.38. The van der Waals surface area contributed by atoms with Crippen LogP contribution in [0, 0.1) is 11.6 Å². The molecule has 49 heavy (non-hydrogen) atoms. The van der Waals surface area contributed by atoms with Gasteiger partial charge in [0.1, 0.15) is 33.7 Å². The molecule has 260 valence electrons. The van der Waals surface area contributed by atoms with Crippen LogP contribution in [0.5, 0.6) is 5.75 Å². The predicted octanol–water partition coefficient (Wildman–Crippen LogP) is 8.81. The molecule has 0 saturated heterocycles. The van der Waals surface area contributed by atoms with Crippen molar-refractivity contribution < 1.29 is 37.7 Å². The fourth-order valence-electron chi connectivity index (χ4n) is 6.03. The number of methoxy groups -OCH3 is 1. The van der Waals surface area contributed by atoms with Gasteiger partial charge in [0.25, 0.3) is 5.91 Å². The maximum atomic E-state index is 14.8. The molecule has 2 heterocycles. The van der Waals surface area contributed by atoms with Crippen LogP contribution in [-0.4, -0.2) is 69.8 Å². The molecule has 0 radical (unpaired) electrons. The van der Waals surface area contributed by atoms with Crippen LogP contribution < -0.4 is 10.1 Å². The average Bonchev–Trinajstić information content (AvgIpc) is 3.42. The molecule has 0 aliphatic heterocycles. The number of carboxylic acid groups (broad SMARTS) is 1. The number of aromatic nitrogens is 1. The number of hydrogen-bond acceptors (Lipinski definition) is 7. The maximum Gasteiger partial charge on any atom is 0.410 e. The minimum absolute atomic E-state index is 0.0160. The van der Waals surface area contributed by atoms with E-state index in [0.717, 1.165) is 23.5 Å². The summed E-state index contributed by atoms with van der Waals surface area (Å²) in [7, 11) is 3.22. The van der Waals surface area contributed by atoms with Crippen molar-refractivity contribution in [2.24, 2.45) is 0 Å². The molecule has 0 unspecified atom stereocenters. The number of hydrogen-bond donors (Lipinski definition) is 2. The second-order valence-electron chi connectivity index (χ2n) is 12.9. The second kappa shape index (κ2) is 14.6. The van der Waals surface area contributed by atoms with Crippen molar-refractivity contribution in [2.75, 3.05) is 19.5 Å². The first-order chi connectivity index (χ1) is 23.2. The zero-order valence-electron chi connectivity index (χ0n) is 27.7. The molecule has 0 bridgehead atoms. The van der Waals surface area contributed by atoms with Gasteiger partial charge < -0.3 is 24.4 Å². The summed E-state index contributed by atoms with van der Waals surface area (Å²) < 4.78 is 40.8. The summed E-state index contributed by atoms with van der Waals surface area (Å²) in [6, 6.07) is 10.3. The highest BCUT2D eigenvalue weighted by Gasteiger charge is 2.35. The van der Waals surface area contributed by atoms with E-state index in [0.29, 0.717) is 48.1 Å². The molecule has 1 fully saturated rings. The van der Waals surface area contributed by atoms with Crippen LogP contribution in [0.3, 0.4) is 0 Å². The minimum Gasteiger partial charge on any atom is -0.496 e. The largest absolute Gasteiger partial charge is 0.496 e. The van der Waals surface area contributed by atoms with E-state index in [2.05, 4.69) is 10.3 Å². The Morgan fingerprint density at radius 3 is 2.31 bits per heavy atom. The summed E-state index contributed by atoms with van der Waals surface area (Å²) in [6.07, 6.45) is 2.04. The third-order valence-corrected chi connectivity index (χ3v) is 10.1. The Hall–Kier alpha value is -4.49. The lowest BCUT2D eigenvalue weighted by Gasteiger charge is -2.40. The van der Waals surface area contributed by atoms with Crippen LogP contribution >= 0.6 is 22.9 Å². The van der Waals surface area contributed by atoms with Crippen molar-refractivity contribution >= 4 is 56.9 Å². The molecule has 1 aliphatic rings. The normalized spacial score (nSPS) is 16.2. The smallest absolute Gasteiger partial charge is 0.410 e. The molecule has 2 N–H and O–H groups in total. The van der Waals surface area contributed by atoms with Gasteiger partial charge in [-0.2, -0.15) is 0 Å². The third-order valence-electron chi connectivity index (χ3n) is 8.42. The lowest BCUT2D eigenvalue weighted by atomic mass is 9.89. The monoisotopic (exact) mass is 714 g/mol. The zero-order valence-corrected chi connectivity index (χ0v) is 29.3. The Morgan fingerprint density at radius 2 is 1.67 bits per heavy atom. The molecular formula is C35H37ClF2N4O6S. The second-order valence-corrected chi connectivity index (χ2v) is 14.3. The van der Waals surface area contributed by atoms with Gasteiger partial charge in [-0.15, -0.1) is 11.3 Å². The number of nitrogens with one attached hydrogen (secondary N) is 1. The third kappa shape index (κ3) is 8.05. The van der Waals surface area contributed by atoms with E-state index in [9.17, 15) is 23.2 Å². The number of halogens is 3. The Balaban J connectivity index is 1.50. The molecule has 3 amide bonds. The number of pyridine rings is 1. The van der Waals surface area contributed by atoms with Crippen molar-refractivity contribution in [1.82, 2.24) is 14.8 Å². The summed E-state index contributed by atoms with van der Waals surface area (Å²) in [5.74, 6) is -1.25. The minimum atomic E-state index is -1.25. The van der Waals surface area contributed by atoms with Gasteiger partial charge in [0, 0.05) is 37.4 Å². The first-order valence-electron chi connectivity index (χ1n) is 15.6. The first kappa shape index (κ1) is 35.8. The molecule has 14 heteroatoms.